The van der Waals surface area contributed by atoms with Gasteiger partial charge in [-0.05, 0) is 13.1 Å². The number of hydrogen-bond acceptors (Lipinski definition) is 3. The zero-order chi connectivity index (χ0) is 13.0. The monoisotopic (exact) mass is 246 g/mol. The van der Waals surface area contributed by atoms with Gasteiger partial charge in [-0.3, -0.25) is 9.69 Å². The van der Waals surface area contributed by atoms with Crippen LogP contribution in [0.15, 0.2) is 30.5 Å². The number of carbonyl (C=O) groups excluding carboxylic acids is 1. The lowest BCUT2D eigenvalue weighted by molar-refractivity contribution is 0.0924. The van der Waals surface area contributed by atoms with E-state index in [1.54, 1.807) is 13.3 Å². The van der Waals surface area contributed by atoms with Gasteiger partial charge in [0.1, 0.15) is 0 Å². The van der Waals surface area contributed by atoms with E-state index in [4.69, 9.17) is 4.74 Å². The first kappa shape index (κ1) is 12.8. The van der Waals surface area contributed by atoms with Gasteiger partial charge in [0.25, 0.3) is 0 Å². The molecule has 0 saturated heterocycles. The summed E-state index contributed by atoms with van der Waals surface area (Å²) in [6.07, 6.45) is 1.79. The van der Waals surface area contributed by atoms with Crippen molar-refractivity contribution in [3.05, 3.63) is 36.0 Å². The zero-order valence-corrected chi connectivity index (χ0v) is 10.8. The quantitative estimate of drug-likeness (QED) is 0.792. The summed E-state index contributed by atoms with van der Waals surface area (Å²) in [4.78, 5) is 17.3. The Morgan fingerprint density at radius 3 is 2.94 bits per heavy atom. The minimum atomic E-state index is 0.131. The Morgan fingerprint density at radius 2 is 2.17 bits per heavy atom. The lowest BCUT2D eigenvalue weighted by atomic mass is 10.1. The van der Waals surface area contributed by atoms with E-state index in [1.165, 1.54) is 0 Å². The lowest BCUT2D eigenvalue weighted by Gasteiger charge is -2.14. The Kier molecular flexibility index (Phi) is 4.12. The molecule has 0 saturated carbocycles. The third kappa shape index (κ3) is 2.78. The molecule has 4 nitrogen and oxygen atoms in total. The van der Waals surface area contributed by atoms with Gasteiger partial charge >= 0.3 is 0 Å². The molecule has 0 aliphatic heterocycles. The average molecular weight is 246 g/mol. The Balaban J connectivity index is 2.09. The van der Waals surface area contributed by atoms with E-state index in [-0.39, 0.29) is 5.78 Å². The maximum atomic E-state index is 12.2. The standard InChI is InChI=1S/C14H18N2O2/c1-16(7-8-18-2)10-14(17)12-9-15-13-6-4-3-5-11(12)13/h3-6,9,15H,7-8,10H2,1-2H3. The number of nitrogens with zero attached hydrogens (tertiary/aromatic N) is 1. The third-order valence-corrected chi connectivity index (χ3v) is 2.98. The van der Waals surface area contributed by atoms with Gasteiger partial charge in [-0.2, -0.15) is 0 Å². The minimum absolute atomic E-state index is 0.131. The summed E-state index contributed by atoms with van der Waals surface area (Å²) in [6, 6.07) is 7.84. The Labute approximate surface area is 107 Å². The van der Waals surface area contributed by atoms with Gasteiger partial charge < -0.3 is 9.72 Å². The molecule has 1 heterocycles. The fourth-order valence-corrected chi connectivity index (χ4v) is 1.96. The number of methoxy groups -OCH3 is 1. The Hall–Kier alpha value is -1.65. The third-order valence-electron chi connectivity index (χ3n) is 2.98. The molecule has 2 rings (SSSR count). The molecule has 0 aliphatic carbocycles. The molecule has 1 N–H and O–H groups in total. The van der Waals surface area contributed by atoms with Gasteiger partial charge in [0.05, 0.1) is 13.2 Å². The summed E-state index contributed by atoms with van der Waals surface area (Å²) in [5, 5.41) is 0.989. The van der Waals surface area contributed by atoms with Crippen LogP contribution in [0.25, 0.3) is 10.9 Å². The van der Waals surface area contributed by atoms with Crippen molar-refractivity contribution in [1.29, 1.82) is 0 Å². The number of carbonyl (C=O) groups is 1. The molecule has 0 spiro atoms. The number of nitrogens with one attached hydrogen (secondary N) is 1. The fraction of sp³-hybridized carbons (Fsp3) is 0.357. The van der Waals surface area contributed by atoms with Crippen LogP contribution in [0.3, 0.4) is 0 Å². The molecule has 18 heavy (non-hydrogen) atoms. The number of ketones is 1. The number of hydrogen-bond donors (Lipinski definition) is 1. The van der Waals surface area contributed by atoms with E-state index < -0.39 is 0 Å². The number of aromatic amines is 1. The van der Waals surface area contributed by atoms with Crippen LogP contribution in [-0.2, 0) is 4.74 Å². The summed E-state index contributed by atoms with van der Waals surface area (Å²) in [5.41, 5.74) is 1.76. The average Bonchev–Trinajstić information content (AvgIpc) is 2.80. The number of ether oxygens (including phenoxy) is 1. The second-order valence-corrected chi connectivity index (χ2v) is 4.40. The maximum absolute atomic E-state index is 12.2. The summed E-state index contributed by atoms with van der Waals surface area (Å²) in [6.45, 7) is 1.80. The van der Waals surface area contributed by atoms with Crippen molar-refractivity contribution in [3.8, 4) is 0 Å². The Bertz CT molecular complexity index is 533. The van der Waals surface area contributed by atoms with Gasteiger partial charge in [0.2, 0.25) is 0 Å². The van der Waals surface area contributed by atoms with Crippen LogP contribution in [0.4, 0.5) is 0 Å². The van der Waals surface area contributed by atoms with E-state index in [1.807, 2.05) is 36.2 Å². The number of para-hydroxylation sites is 1. The molecule has 4 heteroatoms. The molecule has 0 fully saturated rings. The number of H-pyrrole nitrogens is 1. The first-order valence-corrected chi connectivity index (χ1v) is 5.99. The van der Waals surface area contributed by atoms with Crippen LogP contribution in [-0.4, -0.2) is 49.5 Å². The maximum Gasteiger partial charge on any atom is 0.178 e. The van der Waals surface area contributed by atoms with Crippen molar-refractivity contribution < 1.29 is 9.53 Å². The molecule has 0 unspecified atom stereocenters. The van der Waals surface area contributed by atoms with Gasteiger partial charge in [-0.25, -0.2) is 0 Å². The summed E-state index contributed by atoms with van der Waals surface area (Å²) in [5.74, 6) is 0.131. The molecule has 0 bridgehead atoms. The number of aromatic nitrogens is 1. The zero-order valence-electron chi connectivity index (χ0n) is 10.8. The van der Waals surface area contributed by atoms with Crippen molar-refractivity contribution >= 4 is 16.7 Å². The van der Waals surface area contributed by atoms with Crippen molar-refractivity contribution in [1.82, 2.24) is 9.88 Å². The minimum Gasteiger partial charge on any atom is -0.383 e. The predicted molar refractivity (Wildman–Crippen MR) is 72.0 cm³/mol. The molecule has 0 amide bonds. The van der Waals surface area contributed by atoms with Crippen molar-refractivity contribution in [2.75, 3.05) is 33.9 Å². The highest BCUT2D eigenvalue weighted by Gasteiger charge is 2.13. The Morgan fingerprint density at radius 1 is 1.39 bits per heavy atom. The van der Waals surface area contributed by atoms with E-state index >= 15 is 0 Å². The molecular weight excluding hydrogens is 228 g/mol. The van der Waals surface area contributed by atoms with Gasteiger partial charge in [0, 0.05) is 36.3 Å². The van der Waals surface area contributed by atoms with Gasteiger partial charge in [-0.15, -0.1) is 0 Å². The van der Waals surface area contributed by atoms with E-state index in [0.29, 0.717) is 13.2 Å². The number of likely N-dealkylation sites (N-methyl/N-ethyl adjacent to an activating group) is 1. The fourth-order valence-electron chi connectivity index (χ4n) is 1.96. The normalized spacial score (nSPS) is 11.3. The molecule has 0 aliphatic rings. The largest absolute Gasteiger partial charge is 0.383 e. The summed E-state index contributed by atoms with van der Waals surface area (Å²) >= 11 is 0. The van der Waals surface area contributed by atoms with Gasteiger partial charge in [0.15, 0.2) is 5.78 Å². The molecular formula is C14H18N2O2. The highest BCUT2D eigenvalue weighted by atomic mass is 16.5. The first-order chi connectivity index (χ1) is 8.72. The highest BCUT2D eigenvalue weighted by molar-refractivity contribution is 6.08. The topological polar surface area (TPSA) is 45.3 Å². The molecule has 96 valence electrons. The number of fused-ring (bicyclic) bond motifs is 1. The van der Waals surface area contributed by atoms with Gasteiger partial charge in [-0.1, -0.05) is 18.2 Å². The van der Waals surface area contributed by atoms with Crippen LogP contribution in [0, 0.1) is 0 Å². The molecule has 1 aromatic heterocycles. The van der Waals surface area contributed by atoms with Crippen molar-refractivity contribution in [2.24, 2.45) is 0 Å². The van der Waals surface area contributed by atoms with Crippen molar-refractivity contribution in [3.63, 3.8) is 0 Å². The van der Waals surface area contributed by atoms with E-state index in [0.717, 1.165) is 23.0 Å². The second kappa shape index (κ2) is 5.80. The van der Waals surface area contributed by atoms with E-state index in [9.17, 15) is 4.79 Å². The smallest absolute Gasteiger partial charge is 0.178 e. The summed E-state index contributed by atoms with van der Waals surface area (Å²) < 4.78 is 5.00. The van der Waals surface area contributed by atoms with Crippen LogP contribution < -0.4 is 0 Å². The second-order valence-electron chi connectivity index (χ2n) is 4.40. The predicted octanol–water partition coefficient (Wildman–Crippen LogP) is 1.93. The first-order valence-electron chi connectivity index (χ1n) is 5.99. The lowest BCUT2D eigenvalue weighted by Crippen LogP contribution is -2.29. The van der Waals surface area contributed by atoms with Crippen LogP contribution in [0.2, 0.25) is 0 Å². The van der Waals surface area contributed by atoms with Crippen LogP contribution >= 0.6 is 0 Å². The molecule has 0 atom stereocenters. The number of benzene rings is 1. The van der Waals surface area contributed by atoms with Crippen molar-refractivity contribution in [2.45, 2.75) is 0 Å². The summed E-state index contributed by atoms with van der Waals surface area (Å²) in [7, 11) is 3.58. The SMILES string of the molecule is COCCN(C)CC(=O)c1c[nH]c2ccccc12. The number of Topliss-reactive ketones (excluding diaryl/α,β-unsaturated/α-hetero) is 1. The van der Waals surface area contributed by atoms with Crippen LogP contribution in [0.1, 0.15) is 10.4 Å². The number of rotatable bonds is 6. The molecule has 2 aromatic rings. The highest BCUT2D eigenvalue weighted by Crippen LogP contribution is 2.18. The molecule has 0 radical (unpaired) electrons. The molecule has 1 aromatic carbocycles. The van der Waals surface area contributed by atoms with Crippen LogP contribution in [0.5, 0.6) is 0 Å². The van der Waals surface area contributed by atoms with E-state index in [2.05, 4.69) is 4.98 Å².